The molecule has 138 valence electrons. The molecule has 0 atom stereocenters. The van der Waals surface area contributed by atoms with Crippen LogP contribution in [0, 0.1) is 0 Å². The van der Waals surface area contributed by atoms with E-state index in [1.807, 2.05) is 60.7 Å². The molecule has 2 heterocycles. The first kappa shape index (κ1) is 16.4. The maximum absolute atomic E-state index is 5.39. The van der Waals surface area contributed by atoms with Crippen molar-refractivity contribution in [3.05, 3.63) is 71.8 Å². The molecule has 0 spiro atoms. The van der Waals surface area contributed by atoms with Gasteiger partial charge in [-0.2, -0.15) is 0 Å². The predicted octanol–water partition coefficient (Wildman–Crippen LogP) is 4.65. The molecular formula is C22H16N2O4. The first-order chi connectivity index (χ1) is 13.8. The molecule has 0 fully saturated rings. The largest absolute Gasteiger partial charge is 0.454 e. The third-order valence-electron chi connectivity index (χ3n) is 4.35. The molecular weight excluding hydrogens is 356 g/mol. The minimum atomic E-state index is 0.263. The molecule has 0 bridgehead atoms. The normalized spacial score (nSPS) is 14.3. The molecule has 0 unspecified atom stereocenters. The average Bonchev–Trinajstić information content (AvgIpc) is 3.39. The van der Waals surface area contributed by atoms with E-state index >= 15 is 0 Å². The van der Waals surface area contributed by atoms with Crippen molar-refractivity contribution >= 4 is 23.8 Å². The quantitative estimate of drug-likeness (QED) is 0.626. The molecule has 0 N–H and O–H groups in total. The van der Waals surface area contributed by atoms with Gasteiger partial charge in [-0.3, -0.25) is 9.98 Å². The molecule has 0 saturated carbocycles. The van der Waals surface area contributed by atoms with Crippen molar-refractivity contribution in [2.45, 2.75) is 0 Å². The highest BCUT2D eigenvalue weighted by molar-refractivity contribution is 5.85. The second kappa shape index (κ2) is 7.08. The van der Waals surface area contributed by atoms with Gasteiger partial charge in [-0.1, -0.05) is 6.07 Å². The summed E-state index contributed by atoms with van der Waals surface area (Å²) in [6, 6.07) is 19.2. The number of rotatable bonds is 4. The smallest absolute Gasteiger partial charge is 0.231 e. The number of hydrogen-bond donors (Lipinski definition) is 0. The number of benzene rings is 3. The van der Waals surface area contributed by atoms with E-state index in [1.54, 1.807) is 12.4 Å². The highest BCUT2D eigenvalue weighted by atomic mass is 16.7. The van der Waals surface area contributed by atoms with Crippen LogP contribution in [0.1, 0.15) is 11.1 Å². The Morgan fingerprint density at radius 1 is 0.571 bits per heavy atom. The number of fused-ring (bicyclic) bond motifs is 2. The molecule has 0 radical (unpaired) electrons. The molecule has 5 rings (SSSR count). The lowest BCUT2D eigenvalue weighted by Gasteiger charge is -2.00. The van der Waals surface area contributed by atoms with Crippen molar-refractivity contribution in [1.82, 2.24) is 0 Å². The van der Waals surface area contributed by atoms with Crippen molar-refractivity contribution < 1.29 is 18.9 Å². The Labute approximate surface area is 161 Å². The fourth-order valence-corrected chi connectivity index (χ4v) is 2.94. The van der Waals surface area contributed by atoms with E-state index in [1.165, 1.54) is 0 Å². The number of hydrogen-bond acceptors (Lipinski definition) is 6. The van der Waals surface area contributed by atoms with Crippen molar-refractivity contribution in [2.24, 2.45) is 9.98 Å². The van der Waals surface area contributed by atoms with E-state index in [0.29, 0.717) is 0 Å². The Morgan fingerprint density at radius 2 is 1.07 bits per heavy atom. The molecule has 3 aromatic carbocycles. The van der Waals surface area contributed by atoms with Crippen molar-refractivity contribution in [3.63, 3.8) is 0 Å². The van der Waals surface area contributed by atoms with E-state index in [4.69, 9.17) is 18.9 Å². The number of nitrogens with zero attached hydrogens (tertiary/aromatic N) is 2. The van der Waals surface area contributed by atoms with Crippen LogP contribution in [0.5, 0.6) is 23.0 Å². The van der Waals surface area contributed by atoms with Crippen LogP contribution < -0.4 is 18.9 Å². The maximum atomic E-state index is 5.39. The first-order valence-electron chi connectivity index (χ1n) is 8.81. The Bertz CT molecular complexity index is 1010. The van der Waals surface area contributed by atoms with Crippen LogP contribution in [0.4, 0.5) is 11.4 Å². The Kier molecular flexibility index (Phi) is 4.14. The number of ether oxygens (including phenoxy) is 4. The zero-order chi connectivity index (χ0) is 18.8. The average molecular weight is 372 g/mol. The zero-order valence-corrected chi connectivity index (χ0v) is 14.9. The lowest BCUT2D eigenvalue weighted by Crippen LogP contribution is -1.92. The van der Waals surface area contributed by atoms with Gasteiger partial charge in [-0.05, 0) is 65.7 Å². The summed E-state index contributed by atoms with van der Waals surface area (Å²) in [5, 5.41) is 0. The third kappa shape index (κ3) is 3.40. The summed E-state index contributed by atoms with van der Waals surface area (Å²) in [7, 11) is 0. The van der Waals surface area contributed by atoms with E-state index < -0.39 is 0 Å². The van der Waals surface area contributed by atoms with Crippen molar-refractivity contribution in [2.75, 3.05) is 13.6 Å². The van der Waals surface area contributed by atoms with Crippen LogP contribution in [0.15, 0.2) is 70.6 Å². The van der Waals surface area contributed by atoms with Crippen LogP contribution in [-0.2, 0) is 0 Å². The van der Waals surface area contributed by atoms with Crippen molar-refractivity contribution in [1.29, 1.82) is 0 Å². The van der Waals surface area contributed by atoms with Gasteiger partial charge in [0.1, 0.15) is 0 Å². The van der Waals surface area contributed by atoms with E-state index in [-0.39, 0.29) is 13.6 Å². The topological polar surface area (TPSA) is 61.6 Å². The Hall–Kier alpha value is -3.80. The molecule has 2 aliphatic rings. The molecule has 3 aromatic rings. The minimum absolute atomic E-state index is 0.263. The van der Waals surface area contributed by atoms with Crippen LogP contribution in [0.3, 0.4) is 0 Å². The molecule has 0 aromatic heterocycles. The third-order valence-corrected chi connectivity index (χ3v) is 4.35. The van der Waals surface area contributed by atoms with Gasteiger partial charge in [0.25, 0.3) is 0 Å². The summed E-state index contributed by atoms with van der Waals surface area (Å²) < 4.78 is 21.4. The molecule has 28 heavy (non-hydrogen) atoms. The summed E-state index contributed by atoms with van der Waals surface area (Å²) in [5.41, 5.74) is 3.52. The van der Waals surface area contributed by atoms with E-state index in [2.05, 4.69) is 9.98 Å². The van der Waals surface area contributed by atoms with Gasteiger partial charge in [-0.15, -0.1) is 0 Å². The molecule has 0 aliphatic carbocycles. The number of aliphatic imine (C=N–C) groups is 2. The molecule has 0 saturated heterocycles. The second-order valence-electron chi connectivity index (χ2n) is 6.26. The van der Waals surface area contributed by atoms with Gasteiger partial charge in [0.05, 0.1) is 11.4 Å². The van der Waals surface area contributed by atoms with Crippen LogP contribution >= 0.6 is 0 Å². The van der Waals surface area contributed by atoms with Gasteiger partial charge in [0.15, 0.2) is 23.0 Å². The van der Waals surface area contributed by atoms with E-state index in [9.17, 15) is 0 Å². The highest BCUT2D eigenvalue weighted by Gasteiger charge is 2.13. The Balaban J connectivity index is 1.32. The van der Waals surface area contributed by atoms with Crippen LogP contribution in [-0.4, -0.2) is 26.0 Å². The van der Waals surface area contributed by atoms with Gasteiger partial charge in [-0.25, -0.2) is 0 Å². The highest BCUT2D eigenvalue weighted by Crippen LogP contribution is 2.33. The zero-order valence-electron chi connectivity index (χ0n) is 14.9. The minimum Gasteiger partial charge on any atom is -0.454 e. The standard InChI is InChI=1S/C22H16N2O4/c1-2-17(23-11-15-4-6-19-21(8-15)27-13-25-19)10-18(3-1)24-12-16-5-7-20-22(9-16)28-14-26-20/h1-12H,13-14H2. The summed E-state index contributed by atoms with van der Waals surface area (Å²) in [5.74, 6) is 3.01. The summed E-state index contributed by atoms with van der Waals surface area (Å²) in [4.78, 5) is 9.07. The molecule has 2 aliphatic heterocycles. The van der Waals surface area contributed by atoms with Gasteiger partial charge in [0.2, 0.25) is 13.6 Å². The summed E-state index contributed by atoms with van der Waals surface area (Å²) in [6.45, 7) is 0.526. The summed E-state index contributed by atoms with van der Waals surface area (Å²) >= 11 is 0. The lowest BCUT2D eigenvalue weighted by molar-refractivity contribution is 0.173. The SMILES string of the molecule is C(=Nc1cccc(N=Cc2ccc3c(c2)OCO3)c1)c1ccc2c(c1)OCO2. The molecule has 6 nitrogen and oxygen atoms in total. The second-order valence-corrected chi connectivity index (χ2v) is 6.26. The summed E-state index contributed by atoms with van der Waals surface area (Å²) in [6.07, 6.45) is 3.59. The van der Waals surface area contributed by atoms with Crippen molar-refractivity contribution in [3.8, 4) is 23.0 Å². The van der Waals surface area contributed by atoms with Gasteiger partial charge >= 0.3 is 0 Å². The van der Waals surface area contributed by atoms with E-state index in [0.717, 1.165) is 45.5 Å². The molecule has 0 amide bonds. The lowest BCUT2D eigenvalue weighted by atomic mass is 10.2. The van der Waals surface area contributed by atoms with Crippen LogP contribution in [0.25, 0.3) is 0 Å². The fourth-order valence-electron chi connectivity index (χ4n) is 2.94. The van der Waals surface area contributed by atoms with Crippen LogP contribution in [0.2, 0.25) is 0 Å². The fraction of sp³-hybridized carbons (Fsp3) is 0.0909. The first-order valence-corrected chi connectivity index (χ1v) is 8.81. The monoisotopic (exact) mass is 372 g/mol. The molecule has 6 heteroatoms. The Morgan fingerprint density at radius 3 is 1.61 bits per heavy atom. The van der Waals surface area contributed by atoms with Gasteiger partial charge < -0.3 is 18.9 Å². The van der Waals surface area contributed by atoms with Gasteiger partial charge in [0, 0.05) is 12.4 Å². The predicted molar refractivity (Wildman–Crippen MR) is 106 cm³/mol. The maximum Gasteiger partial charge on any atom is 0.231 e.